The van der Waals surface area contributed by atoms with Crippen LogP contribution in [0.1, 0.15) is 20.8 Å². The molecule has 0 radical (unpaired) electrons. The Morgan fingerprint density at radius 2 is 1.88 bits per heavy atom. The van der Waals surface area contributed by atoms with Crippen molar-refractivity contribution in [2.45, 2.75) is 6.54 Å². The summed E-state index contributed by atoms with van der Waals surface area (Å²) in [5.41, 5.74) is 3.11. The van der Waals surface area contributed by atoms with Gasteiger partial charge in [0.25, 0.3) is 11.8 Å². The molecule has 0 aliphatic carbocycles. The van der Waals surface area contributed by atoms with E-state index >= 15 is 0 Å². The Bertz CT molecular complexity index is 1230. The van der Waals surface area contributed by atoms with E-state index in [4.69, 9.17) is 0 Å². The van der Waals surface area contributed by atoms with Gasteiger partial charge in [0, 0.05) is 53.6 Å². The first-order valence-corrected chi connectivity index (χ1v) is 10.4. The number of carbonyl (C=O) groups is 3. The number of hydrogen-bond donors (Lipinski definition) is 3. The zero-order chi connectivity index (χ0) is 22.7. The van der Waals surface area contributed by atoms with Gasteiger partial charge in [-0.2, -0.15) is 0 Å². The minimum absolute atomic E-state index is 0.103. The number of hydrogen-bond acceptors (Lipinski definition) is 4. The minimum Gasteiger partial charge on any atom is -0.349 e. The van der Waals surface area contributed by atoms with Crippen LogP contribution in [-0.2, 0) is 11.3 Å². The molecule has 0 atom stereocenters. The molecule has 1 aliphatic heterocycles. The summed E-state index contributed by atoms with van der Waals surface area (Å²) in [7, 11) is 3.85. The van der Waals surface area contributed by atoms with Crippen LogP contribution in [0.5, 0.6) is 0 Å². The normalized spacial score (nSPS) is 13.3. The fourth-order valence-corrected chi connectivity index (χ4v) is 3.63. The predicted octanol–water partition coefficient (Wildman–Crippen LogP) is 2.69. The van der Waals surface area contributed by atoms with Crippen molar-refractivity contribution < 1.29 is 14.4 Å². The number of fused-ring (bicyclic) bond motifs is 3. The molecule has 3 aromatic rings. The number of nitrogens with one attached hydrogen (secondary N) is 3. The number of aromatic nitrogens is 1. The van der Waals surface area contributed by atoms with Crippen LogP contribution in [0.25, 0.3) is 10.9 Å². The molecule has 2 aromatic carbocycles. The third-order valence-electron chi connectivity index (χ3n) is 5.15. The predicted molar refractivity (Wildman–Crippen MR) is 125 cm³/mol. The first kappa shape index (κ1) is 21.3. The minimum atomic E-state index is -0.267. The summed E-state index contributed by atoms with van der Waals surface area (Å²) in [5, 5.41) is 9.41. The van der Waals surface area contributed by atoms with Gasteiger partial charge in [-0.15, -0.1) is 0 Å². The SMILES string of the molecule is CN(C)C/C=C/C(=O)Nc1cccc(NC(=O)c2ccc3cc4n(c3c2)CCNC4=O)c1. The van der Waals surface area contributed by atoms with Gasteiger partial charge in [-0.25, -0.2) is 0 Å². The Morgan fingerprint density at radius 3 is 2.66 bits per heavy atom. The molecule has 0 spiro atoms. The first-order valence-electron chi connectivity index (χ1n) is 10.4. The van der Waals surface area contributed by atoms with Gasteiger partial charge in [-0.05, 0) is 50.5 Å². The summed E-state index contributed by atoms with van der Waals surface area (Å²) in [6.45, 7) is 1.90. The highest BCUT2D eigenvalue weighted by Gasteiger charge is 2.20. The zero-order valence-electron chi connectivity index (χ0n) is 18.0. The monoisotopic (exact) mass is 431 g/mol. The molecule has 0 unspecified atom stereocenters. The van der Waals surface area contributed by atoms with Gasteiger partial charge < -0.3 is 25.4 Å². The van der Waals surface area contributed by atoms with E-state index < -0.39 is 0 Å². The Kier molecular flexibility index (Phi) is 6.04. The second-order valence-corrected chi connectivity index (χ2v) is 7.90. The Morgan fingerprint density at radius 1 is 1.09 bits per heavy atom. The van der Waals surface area contributed by atoms with E-state index in [2.05, 4.69) is 16.0 Å². The number of carbonyl (C=O) groups excluding carboxylic acids is 3. The van der Waals surface area contributed by atoms with E-state index in [1.807, 2.05) is 35.7 Å². The summed E-state index contributed by atoms with van der Waals surface area (Å²) in [4.78, 5) is 38.9. The zero-order valence-corrected chi connectivity index (χ0v) is 18.0. The molecule has 0 saturated carbocycles. The molecular weight excluding hydrogens is 406 g/mol. The van der Waals surface area contributed by atoms with Gasteiger partial charge in [-0.1, -0.05) is 18.2 Å². The van der Waals surface area contributed by atoms with E-state index in [-0.39, 0.29) is 17.7 Å². The fraction of sp³-hybridized carbons (Fsp3) is 0.208. The number of rotatable bonds is 6. The lowest BCUT2D eigenvalue weighted by molar-refractivity contribution is -0.111. The topological polar surface area (TPSA) is 95.5 Å². The highest BCUT2D eigenvalue weighted by Crippen LogP contribution is 2.24. The first-order chi connectivity index (χ1) is 15.4. The molecular formula is C24H25N5O3. The lowest BCUT2D eigenvalue weighted by atomic mass is 10.1. The number of amides is 3. The van der Waals surface area contributed by atoms with Gasteiger partial charge in [-0.3, -0.25) is 14.4 Å². The molecule has 32 heavy (non-hydrogen) atoms. The molecule has 2 heterocycles. The molecule has 8 heteroatoms. The second kappa shape index (κ2) is 9.07. The van der Waals surface area contributed by atoms with E-state index in [1.165, 1.54) is 6.08 Å². The highest BCUT2D eigenvalue weighted by molar-refractivity contribution is 6.08. The Labute approximate surface area is 185 Å². The lowest BCUT2D eigenvalue weighted by Crippen LogP contribution is -2.34. The third-order valence-corrected chi connectivity index (χ3v) is 5.15. The van der Waals surface area contributed by atoms with Crippen molar-refractivity contribution in [2.24, 2.45) is 0 Å². The maximum absolute atomic E-state index is 12.8. The maximum atomic E-state index is 12.8. The van der Waals surface area contributed by atoms with Crippen LogP contribution >= 0.6 is 0 Å². The van der Waals surface area contributed by atoms with Gasteiger partial charge in [0.1, 0.15) is 5.69 Å². The smallest absolute Gasteiger partial charge is 0.268 e. The number of nitrogens with zero attached hydrogens (tertiary/aromatic N) is 2. The molecule has 1 aliphatic rings. The highest BCUT2D eigenvalue weighted by atomic mass is 16.2. The van der Waals surface area contributed by atoms with E-state index in [0.29, 0.717) is 42.3 Å². The Balaban J connectivity index is 1.48. The fourth-order valence-electron chi connectivity index (χ4n) is 3.63. The number of likely N-dealkylation sites (N-methyl/N-ethyl adjacent to an activating group) is 1. The Hall–Kier alpha value is -3.91. The second-order valence-electron chi connectivity index (χ2n) is 7.90. The molecule has 3 N–H and O–H groups in total. The van der Waals surface area contributed by atoms with Gasteiger partial charge >= 0.3 is 0 Å². The molecule has 8 nitrogen and oxygen atoms in total. The van der Waals surface area contributed by atoms with Crippen LogP contribution in [0.15, 0.2) is 60.7 Å². The summed E-state index contributed by atoms with van der Waals surface area (Å²) in [5.74, 6) is -0.603. The van der Waals surface area contributed by atoms with Crippen LogP contribution in [0.3, 0.4) is 0 Å². The van der Waals surface area contributed by atoms with Crippen molar-refractivity contribution in [3.63, 3.8) is 0 Å². The van der Waals surface area contributed by atoms with Crippen molar-refractivity contribution >= 4 is 40.0 Å². The summed E-state index contributed by atoms with van der Waals surface area (Å²) in [6.07, 6.45) is 3.26. The third kappa shape index (κ3) is 4.70. The summed E-state index contributed by atoms with van der Waals surface area (Å²) < 4.78 is 1.94. The molecule has 0 bridgehead atoms. The number of benzene rings is 2. The average molecular weight is 431 g/mol. The van der Waals surface area contributed by atoms with Crippen LogP contribution in [-0.4, -0.2) is 54.4 Å². The van der Waals surface area contributed by atoms with Crippen molar-refractivity contribution in [3.05, 3.63) is 71.9 Å². The number of anilines is 2. The maximum Gasteiger partial charge on any atom is 0.268 e. The van der Waals surface area contributed by atoms with Crippen LogP contribution < -0.4 is 16.0 Å². The van der Waals surface area contributed by atoms with Crippen LogP contribution in [0, 0.1) is 0 Å². The van der Waals surface area contributed by atoms with Gasteiger partial charge in [0.2, 0.25) is 5.91 Å². The van der Waals surface area contributed by atoms with Gasteiger partial charge in [0.05, 0.1) is 0 Å². The van der Waals surface area contributed by atoms with Crippen molar-refractivity contribution in [3.8, 4) is 0 Å². The van der Waals surface area contributed by atoms with Crippen molar-refractivity contribution in [1.82, 2.24) is 14.8 Å². The largest absolute Gasteiger partial charge is 0.349 e. The molecule has 3 amide bonds. The molecule has 164 valence electrons. The lowest BCUT2D eigenvalue weighted by Gasteiger charge is -2.16. The van der Waals surface area contributed by atoms with Crippen molar-refractivity contribution in [2.75, 3.05) is 37.8 Å². The molecule has 1 aromatic heterocycles. The standard InChI is InChI=1S/C24H25N5O3/c1-28(2)11-4-7-22(30)26-18-5-3-6-19(15-18)27-23(31)17-9-8-16-13-21-24(32)25-10-12-29(21)20(16)14-17/h3-9,13-15H,10-12H2,1-2H3,(H,25,32)(H,26,30)(H,27,31)/b7-4+. The van der Waals surface area contributed by atoms with Crippen LogP contribution in [0.2, 0.25) is 0 Å². The average Bonchev–Trinajstić information content (AvgIpc) is 3.13. The van der Waals surface area contributed by atoms with E-state index in [9.17, 15) is 14.4 Å². The van der Waals surface area contributed by atoms with E-state index in [0.717, 1.165) is 10.9 Å². The summed E-state index contributed by atoms with van der Waals surface area (Å²) in [6, 6.07) is 14.2. The molecule has 0 fully saturated rings. The van der Waals surface area contributed by atoms with Crippen LogP contribution in [0.4, 0.5) is 11.4 Å². The quantitative estimate of drug-likeness (QED) is 0.523. The van der Waals surface area contributed by atoms with Gasteiger partial charge in [0.15, 0.2) is 0 Å². The molecule has 4 rings (SSSR count). The van der Waals surface area contributed by atoms with Crippen molar-refractivity contribution in [1.29, 1.82) is 0 Å². The summed E-state index contributed by atoms with van der Waals surface area (Å²) >= 11 is 0. The van der Waals surface area contributed by atoms with E-state index in [1.54, 1.807) is 42.5 Å². The molecule has 0 saturated heterocycles.